The van der Waals surface area contributed by atoms with Gasteiger partial charge >= 0.3 is 0 Å². The molecule has 0 aliphatic carbocycles. The van der Waals surface area contributed by atoms with Gasteiger partial charge in [0.05, 0.1) is 16.8 Å². The van der Waals surface area contributed by atoms with E-state index in [1.165, 1.54) is 6.20 Å². The van der Waals surface area contributed by atoms with E-state index in [0.717, 1.165) is 11.3 Å². The van der Waals surface area contributed by atoms with Crippen LogP contribution in [0.5, 0.6) is 0 Å². The average molecular weight is 305 g/mol. The van der Waals surface area contributed by atoms with Crippen LogP contribution >= 0.6 is 0 Å². The van der Waals surface area contributed by atoms with Crippen molar-refractivity contribution >= 4 is 21.4 Å². The van der Waals surface area contributed by atoms with Crippen LogP contribution < -0.4 is 10.0 Å². The number of aryl methyl sites for hydroxylation is 3. The highest BCUT2D eigenvalue weighted by Gasteiger charge is 2.21. The summed E-state index contributed by atoms with van der Waals surface area (Å²) >= 11 is 0. The molecule has 0 aliphatic rings. The molecule has 0 amide bonds. The number of pyridine rings is 1. The second-order valence-corrected chi connectivity index (χ2v) is 6.60. The number of nitrogens with one attached hydrogen (secondary N) is 2. The fourth-order valence-electron chi connectivity index (χ4n) is 2.29. The number of hydrogen-bond donors (Lipinski definition) is 2. The summed E-state index contributed by atoms with van der Waals surface area (Å²) in [4.78, 5) is 4.27. The normalized spacial score (nSPS) is 11.2. The van der Waals surface area contributed by atoms with Crippen LogP contribution in [0.25, 0.3) is 0 Å². The summed E-state index contributed by atoms with van der Waals surface area (Å²) in [6, 6.07) is 5.40. The maximum absolute atomic E-state index is 12.6. The van der Waals surface area contributed by atoms with Crippen LogP contribution in [-0.4, -0.2) is 20.4 Å². The first-order valence-corrected chi connectivity index (χ1v) is 8.06. The second-order valence-electron chi connectivity index (χ2n) is 4.99. The van der Waals surface area contributed by atoms with Crippen LogP contribution in [0.3, 0.4) is 0 Å². The molecule has 112 valence electrons. The van der Waals surface area contributed by atoms with Crippen molar-refractivity contribution in [3.63, 3.8) is 0 Å². The molecule has 2 aromatic rings. The quantitative estimate of drug-likeness (QED) is 0.911. The molecule has 0 atom stereocenters. The number of rotatable bonds is 4. The van der Waals surface area contributed by atoms with Gasteiger partial charge in [-0.2, -0.15) is 0 Å². The van der Waals surface area contributed by atoms with Gasteiger partial charge in [-0.15, -0.1) is 0 Å². The first-order valence-electron chi connectivity index (χ1n) is 6.57. The summed E-state index contributed by atoms with van der Waals surface area (Å²) in [6.07, 6.45) is 3.14. The van der Waals surface area contributed by atoms with Gasteiger partial charge in [0.25, 0.3) is 10.0 Å². The Balaban J connectivity index is 2.48. The van der Waals surface area contributed by atoms with E-state index in [9.17, 15) is 8.42 Å². The molecule has 1 aromatic carbocycles. The van der Waals surface area contributed by atoms with Gasteiger partial charge in [0.15, 0.2) is 0 Å². The van der Waals surface area contributed by atoms with Gasteiger partial charge in [-0.3, -0.25) is 9.71 Å². The van der Waals surface area contributed by atoms with E-state index in [1.807, 2.05) is 19.1 Å². The summed E-state index contributed by atoms with van der Waals surface area (Å²) in [7, 11) is -1.83. The predicted octanol–water partition coefficient (Wildman–Crippen LogP) is 2.85. The van der Waals surface area contributed by atoms with Gasteiger partial charge in [0, 0.05) is 18.9 Å². The molecular weight excluding hydrogens is 286 g/mol. The second kappa shape index (κ2) is 5.73. The number of benzene rings is 1. The van der Waals surface area contributed by atoms with E-state index < -0.39 is 10.0 Å². The Morgan fingerprint density at radius 1 is 1.05 bits per heavy atom. The van der Waals surface area contributed by atoms with Crippen LogP contribution in [-0.2, 0) is 10.0 Å². The molecule has 0 bridgehead atoms. The smallest absolute Gasteiger partial charge is 0.262 e. The number of anilines is 2. The van der Waals surface area contributed by atoms with Gasteiger partial charge in [-0.25, -0.2) is 8.42 Å². The zero-order chi connectivity index (χ0) is 15.6. The van der Waals surface area contributed by atoms with Crippen molar-refractivity contribution < 1.29 is 8.42 Å². The van der Waals surface area contributed by atoms with Crippen LogP contribution in [0.1, 0.15) is 16.7 Å². The van der Waals surface area contributed by atoms with Crippen molar-refractivity contribution in [1.82, 2.24) is 4.98 Å². The third-order valence-electron chi connectivity index (χ3n) is 3.30. The molecule has 0 unspecified atom stereocenters. The Labute approximate surface area is 125 Å². The number of hydrogen-bond acceptors (Lipinski definition) is 4. The molecule has 1 aromatic heterocycles. The summed E-state index contributed by atoms with van der Waals surface area (Å²) in [6.45, 7) is 5.42. The van der Waals surface area contributed by atoms with Gasteiger partial charge in [-0.1, -0.05) is 0 Å². The molecule has 0 saturated heterocycles. The maximum atomic E-state index is 12.6. The number of nitrogens with zero attached hydrogens (tertiary/aromatic N) is 1. The Hall–Kier alpha value is -2.08. The van der Waals surface area contributed by atoms with E-state index in [0.29, 0.717) is 21.7 Å². The first kappa shape index (κ1) is 15.3. The fourth-order valence-corrected chi connectivity index (χ4v) is 3.86. The van der Waals surface area contributed by atoms with Crippen LogP contribution in [0.2, 0.25) is 0 Å². The summed E-state index contributed by atoms with van der Waals surface area (Å²) < 4.78 is 27.9. The lowest BCUT2D eigenvalue weighted by Crippen LogP contribution is -2.16. The Morgan fingerprint density at radius 2 is 1.67 bits per heavy atom. The molecule has 5 nitrogen and oxygen atoms in total. The van der Waals surface area contributed by atoms with Crippen molar-refractivity contribution in [1.29, 1.82) is 0 Å². The maximum Gasteiger partial charge on any atom is 0.262 e. The van der Waals surface area contributed by atoms with Gasteiger partial charge in [0.2, 0.25) is 0 Å². The van der Waals surface area contributed by atoms with E-state index in [2.05, 4.69) is 15.0 Å². The molecule has 0 spiro atoms. The van der Waals surface area contributed by atoms with Crippen molar-refractivity contribution in [2.75, 3.05) is 17.1 Å². The lowest BCUT2D eigenvalue weighted by molar-refractivity contribution is 0.600. The molecule has 0 saturated carbocycles. The zero-order valence-electron chi connectivity index (χ0n) is 12.6. The van der Waals surface area contributed by atoms with Crippen molar-refractivity contribution in [2.24, 2.45) is 0 Å². The van der Waals surface area contributed by atoms with Crippen molar-refractivity contribution in [3.05, 3.63) is 47.3 Å². The standard InChI is InChI=1S/C15H19N3O2S/c1-10-5-6-17-9-14(10)18-21(19,20)15-11(2)7-13(16-4)8-12(15)3/h5-9,16,18H,1-4H3. The third kappa shape index (κ3) is 3.16. The predicted molar refractivity (Wildman–Crippen MR) is 85.2 cm³/mol. The topological polar surface area (TPSA) is 71.1 Å². The molecular formula is C15H19N3O2S. The molecule has 21 heavy (non-hydrogen) atoms. The average Bonchev–Trinajstić information content (AvgIpc) is 2.40. The van der Waals surface area contributed by atoms with Crippen molar-refractivity contribution in [3.8, 4) is 0 Å². The molecule has 0 fully saturated rings. The summed E-state index contributed by atoms with van der Waals surface area (Å²) in [5, 5.41) is 3.02. The van der Waals surface area contributed by atoms with E-state index in [-0.39, 0.29) is 0 Å². The Bertz CT molecular complexity index is 747. The van der Waals surface area contributed by atoms with Gasteiger partial charge in [-0.05, 0) is 55.7 Å². The highest BCUT2D eigenvalue weighted by Crippen LogP contribution is 2.26. The third-order valence-corrected chi connectivity index (χ3v) is 4.97. The summed E-state index contributed by atoms with van der Waals surface area (Å²) in [5.41, 5.74) is 3.62. The molecule has 6 heteroatoms. The lowest BCUT2D eigenvalue weighted by Gasteiger charge is -2.15. The highest BCUT2D eigenvalue weighted by molar-refractivity contribution is 7.92. The highest BCUT2D eigenvalue weighted by atomic mass is 32.2. The Morgan fingerprint density at radius 3 is 2.19 bits per heavy atom. The minimum absolute atomic E-state index is 0.310. The van der Waals surface area contributed by atoms with E-state index in [4.69, 9.17) is 0 Å². The number of aromatic nitrogens is 1. The Kier molecular flexibility index (Phi) is 4.18. The lowest BCUT2D eigenvalue weighted by atomic mass is 10.1. The molecule has 0 radical (unpaired) electrons. The molecule has 2 N–H and O–H groups in total. The molecule has 0 aliphatic heterocycles. The summed E-state index contributed by atoms with van der Waals surface area (Å²) in [5.74, 6) is 0. The van der Waals surface area contributed by atoms with E-state index >= 15 is 0 Å². The first-order chi connectivity index (χ1) is 9.85. The van der Waals surface area contributed by atoms with Gasteiger partial charge < -0.3 is 5.32 Å². The largest absolute Gasteiger partial charge is 0.388 e. The zero-order valence-corrected chi connectivity index (χ0v) is 13.4. The fraction of sp³-hybridized carbons (Fsp3) is 0.267. The van der Waals surface area contributed by atoms with Crippen LogP contribution in [0, 0.1) is 20.8 Å². The minimum Gasteiger partial charge on any atom is -0.388 e. The molecule has 2 rings (SSSR count). The van der Waals surface area contributed by atoms with E-state index in [1.54, 1.807) is 33.2 Å². The van der Waals surface area contributed by atoms with Gasteiger partial charge in [0.1, 0.15) is 0 Å². The SMILES string of the molecule is CNc1cc(C)c(S(=O)(=O)Nc2cnccc2C)c(C)c1. The monoisotopic (exact) mass is 305 g/mol. The number of sulfonamides is 1. The minimum atomic E-state index is -3.64. The molecule has 1 heterocycles. The van der Waals surface area contributed by atoms with Crippen LogP contribution in [0.15, 0.2) is 35.5 Å². The van der Waals surface area contributed by atoms with Crippen molar-refractivity contribution in [2.45, 2.75) is 25.7 Å². The van der Waals surface area contributed by atoms with Crippen LogP contribution in [0.4, 0.5) is 11.4 Å².